The summed E-state index contributed by atoms with van der Waals surface area (Å²) in [5.74, 6) is 6.72. The van der Waals surface area contributed by atoms with Crippen LogP contribution in [0.1, 0.15) is 37.3 Å². The molecule has 0 bridgehead atoms. The molecule has 3 nitrogen and oxygen atoms in total. The minimum atomic E-state index is 0.326. The van der Waals surface area contributed by atoms with Crippen molar-refractivity contribution in [1.82, 2.24) is 5.43 Å². The van der Waals surface area contributed by atoms with E-state index >= 15 is 0 Å². The van der Waals surface area contributed by atoms with Crippen molar-refractivity contribution in [2.45, 2.75) is 45.1 Å². The van der Waals surface area contributed by atoms with Crippen LogP contribution in [0.2, 0.25) is 0 Å². The van der Waals surface area contributed by atoms with Crippen LogP contribution in [0.15, 0.2) is 16.6 Å². The van der Waals surface area contributed by atoms with E-state index in [1.54, 1.807) is 0 Å². The molecule has 100 valence electrons. The second-order valence-corrected chi connectivity index (χ2v) is 5.78. The van der Waals surface area contributed by atoms with Crippen molar-refractivity contribution in [2.75, 3.05) is 6.61 Å². The third kappa shape index (κ3) is 3.25. The number of hydrazine groups is 1. The fourth-order valence-electron chi connectivity index (χ4n) is 2.46. The first-order chi connectivity index (χ1) is 8.74. The summed E-state index contributed by atoms with van der Waals surface area (Å²) in [4.78, 5) is 0. The maximum absolute atomic E-state index is 5.75. The summed E-state index contributed by atoms with van der Waals surface area (Å²) in [5, 5.41) is 0. The molecule has 0 amide bonds. The Hall–Kier alpha value is -0.580. The van der Waals surface area contributed by atoms with Gasteiger partial charge in [0, 0.05) is 16.9 Å². The molecule has 0 radical (unpaired) electrons. The highest BCUT2D eigenvalue weighted by Crippen LogP contribution is 2.33. The molecule has 1 heterocycles. The number of fused-ring (bicyclic) bond motifs is 1. The molecule has 0 saturated heterocycles. The van der Waals surface area contributed by atoms with Gasteiger partial charge in [0.2, 0.25) is 0 Å². The Kier molecular flexibility index (Phi) is 5.03. The van der Waals surface area contributed by atoms with Gasteiger partial charge in [0.05, 0.1) is 6.61 Å². The van der Waals surface area contributed by atoms with Gasteiger partial charge in [-0.05, 0) is 36.1 Å². The van der Waals surface area contributed by atoms with Crippen LogP contribution in [0.4, 0.5) is 0 Å². The van der Waals surface area contributed by atoms with Crippen LogP contribution in [0.25, 0.3) is 0 Å². The zero-order chi connectivity index (χ0) is 13.0. The summed E-state index contributed by atoms with van der Waals surface area (Å²) < 4.78 is 6.88. The summed E-state index contributed by atoms with van der Waals surface area (Å²) >= 11 is 3.57. The van der Waals surface area contributed by atoms with Crippen molar-refractivity contribution in [3.8, 4) is 5.75 Å². The zero-order valence-electron chi connectivity index (χ0n) is 10.8. The number of hydrogen-bond donors (Lipinski definition) is 2. The van der Waals surface area contributed by atoms with Gasteiger partial charge in [-0.15, -0.1) is 0 Å². The van der Waals surface area contributed by atoms with Crippen LogP contribution in [0, 0.1) is 0 Å². The van der Waals surface area contributed by atoms with Gasteiger partial charge >= 0.3 is 0 Å². The maximum Gasteiger partial charge on any atom is 0.125 e. The lowest BCUT2D eigenvalue weighted by Gasteiger charge is -2.17. The van der Waals surface area contributed by atoms with Gasteiger partial charge in [0.1, 0.15) is 5.75 Å². The molecule has 1 atom stereocenters. The molecule has 0 fully saturated rings. The predicted molar refractivity (Wildman–Crippen MR) is 77.7 cm³/mol. The second kappa shape index (κ2) is 6.55. The summed E-state index contributed by atoms with van der Waals surface area (Å²) in [6.45, 7) is 3.00. The van der Waals surface area contributed by atoms with E-state index in [1.807, 2.05) is 0 Å². The minimum absolute atomic E-state index is 0.326. The van der Waals surface area contributed by atoms with Crippen LogP contribution < -0.4 is 16.0 Å². The summed E-state index contributed by atoms with van der Waals surface area (Å²) in [6.07, 6.45) is 5.45. The van der Waals surface area contributed by atoms with E-state index in [0.717, 1.165) is 36.1 Å². The monoisotopic (exact) mass is 312 g/mol. The highest BCUT2D eigenvalue weighted by molar-refractivity contribution is 9.10. The molecule has 4 heteroatoms. The smallest absolute Gasteiger partial charge is 0.125 e. The molecule has 0 aromatic heterocycles. The standard InChI is InChI=1S/C14H21BrN2O/c1-2-3-4-13(17-16)9-11-8-12(15)7-10-5-6-18-14(10)11/h7-8,13,17H,2-6,9,16H2,1H3. The van der Waals surface area contributed by atoms with E-state index in [2.05, 4.69) is 40.4 Å². The van der Waals surface area contributed by atoms with Gasteiger partial charge in [-0.1, -0.05) is 35.7 Å². The Morgan fingerprint density at radius 2 is 2.33 bits per heavy atom. The third-order valence-corrected chi connectivity index (χ3v) is 3.89. The first-order valence-corrected chi connectivity index (χ1v) is 7.44. The molecule has 3 N–H and O–H groups in total. The molecule has 0 saturated carbocycles. The van der Waals surface area contributed by atoms with Gasteiger partial charge in [-0.2, -0.15) is 0 Å². The van der Waals surface area contributed by atoms with Crippen LogP contribution in [0.5, 0.6) is 5.75 Å². The van der Waals surface area contributed by atoms with Crippen molar-refractivity contribution >= 4 is 15.9 Å². The quantitative estimate of drug-likeness (QED) is 0.627. The number of nitrogens with one attached hydrogen (secondary N) is 1. The largest absolute Gasteiger partial charge is 0.493 e. The Morgan fingerprint density at radius 1 is 1.50 bits per heavy atom. The van der Waals surface area contributed by atoms with Gasteiger partial charge in [-0.25, -0.2) is 0 Å². The molecule has 2 rings (SSSR count). The average molecular weight is 313 g/mol. The highest BCUT2D eigenvalue weighted by atomic mass is 79.9. The van der Waals surface area contributed by atoms with E-state index in [0.29, 0.717) is 6.04 Å². The number of benzene rings is 1. The molecule has 1 aromatic carbocycles. The number of hydrogen-bond acceptors (Lipinski definition) is 3. The molecular formula is C14H21BrN2O. The fraction of sp³-hybridized carbons (Fsp3) is 0.571. The number of rotatable bonds is 6. The first-order valence-electron chi connectivity index (χ1n) is 6.64. The average Bonchev–Trinajstić information content (AvgIpc) is 2.82. The Morgan fingerprint density at radius 3 is 3.06 bits per heavy atom. The Labute approximate surface area is 117 Å². The molecule has 1 unspecified atom stereocenters. The number of nitrogens with two attached hydrogens (primary N) is 1. The van der Waals surface area contributed by atoms with Crippen molar-refractivity contribution in [2.24, 2.45) is 5.84 Å². The zero-order valence-corrected chi connectivity index (χ0v) is 12.4. The summed E-state index contributed by atoms with van der Waals surface area (Å²) in [6, 6.07) is 4.64. The first kappa shape index (κ1) is 13.8. The lowest BCUT2D eigenvalue weighted by atomic mass is 9.99. The predicted octanol–water partition coefficient (Wildman–Crippen LogP) is 2.95. The van der Waals surface area contributed by atoms with Crippen molar-refractivity contribution in [3.05, 3.63) is 27.7 Å². The summed E-state index contributed by atoms with van der Waals surface area (Å²) in [5.41, 5.74) is 5.50. The lowest BCUT2D eigenvalue weighted by molar-refractivity contribution is 0.350. The van der Waals surface area contributed by atoms with E-state index < -0.39 is 0 Å². The maximum atomic E-state index is 5.75. The summed E-state index contributed by atoms with van der Waals surface area (Å²) in [7, 11) is 0. The third-order valence-electron chi connectivity index (χ3n) is 3.43. The minimum Gasteiger partial charge on any atom is -0.493 e. The number of unbranched alkanes of at least 4 members (excludes halogenated alkanes) is 1. The number of halogens is 1. The Balaban J connectivity index is 2.12. The van der Waals surface area contributed by atoms with E-state index in [4.69, 9.17) is 10.6 Å². The van der Waals surface area contributed by atoms with Crippen molar-refractivity contribution < 1.29 is 4.74 Å². The molecular weight excluding hydrogens is 292 g/mol. The number of ether oxygens (including phenoxy) is 1. The van der Waals surface area contributed by atoms with Crippen molar-refractivity contribution in [1.29, 1.82) is 0 Å². The van der Waals surface area contributed by atoms with Crippen molar-refractivity contribution in [3.63, 3.8) is 0 Å². The second-order valence-electron chi connectivity index (χ2n) is 4.86. The molecule has 1 aromatic rings. The fourth-order valence-corrected chi connectivity index (χ4v) is 3.01. The molecule has 18 heavy (non-hydrogen) atoms. The van der Waals surface area contributed by atoms with Crippen LogP contribution in [0.3, 0.4) is 0 Å². The van der Waals surface area contributed by atoms with E-state index in [9.17, 15) is 0 Å². The SMILES string of the molecule is CCCCC(Cc1cc(Br)cc2c1OCC2)NN. The lowest BCUT2D eigenvalue weighted by Crippen LogP contribution is -2.36. The van der Waals surface area contributed by atoms with Crippen LogP contribution in [-0.4, -0.2) is 12.6 Å². The molecule has 0 spiro atoms. The molecule has 1 aliphatic heterocycles. The van der Waals surface area contributed by atoms with Gasteiger partial charge in [0.15, 0.2) is 0 Å². The molecule has 1 aliphatic rings. The van der Waals surface area contributed by atoms with Gasteiger partial charge in [-0.3, -0.25) is 11.3 Å². The van der Waals surface area contributed by atoms with E-state index in [-0.39, 0.29) is 0 Å². The Bertz CT molecular complexity index is 409. The normalized spacial score (nSPS) is 15.3. The molecule has 0 aliphatic carbocycles. The highest BCUT2D eigenvalue weighted by Gasteiger charge is 2.19. The van der Waals surface area contributed by atoms with Gasteiger partial charge in [0.25, 0.3) is 0 Å². The van der Waals surface area contributed by atoms with Crippen LogP contribution in [-0.2, 0) is 12.8 Å². The van der Waals surface area contributed by atoms with Crippen LogP contribution >= 0.6 is 15.9 Å². The van der Waals surface area contributed by atoms with Gasteiger partial charge < -0.3 is 4.74 Å². The van der Waals surface area contributed by atoms with E-state index in [1.165, 1.54) is 24.0 Å². The topological polar surface area (TPSA) is 47.3 Å².